The lowest BCUT2D eigenvalue weighted by Crippen LogP contribution is -2.40. The number of nitrogens with zero attached hydrogens (tertiary/aromatic N) is 9. The lowest BCUT2D eigenvalue weighted by molar-refractivity contribution is -0.143. The summed E-state index contributed by atoms with van der Waals surface area (Å²) in [7, 11) is 2.97. The van der Waals surface area contributed by atoms with Crippen LogP contribution in [0.4, 0.5) is 10.6 Å². The molecule has 1 aliphatic rings. The van der Waals surface area contributed by atoms with E-state index in [-0.39, 0.29) is 60.0 Å². The molecule has 9 N–H and O–H groups in total. The molecule has 9 aromatic rings. The molecule has 4 atom stereocenters. The molecule has 0 radical (unpaired) electrons. The number of aromatic nitrogens is 8. The Morgan fingerprint density at radius 1 is 0.737 bits per heavy atom. The Hall–Kier alpha value is -9.06. The number of thiazole rings is 6. The van der Waals surface area contributed by atoms with Crippen molar-refractivity contribution in [2.75, 3.05) is 25.6 Å². The molecule has 27 nitrogen and oxygen atoms in total. The quantitative estimate of drug-likeness (QED) is 0.0222. The lowest BCUT2D eigenvalue weighted by atomic mass is 9.87. The van der Waals surface area contributed by atoms with Gasteiger partial charge in [-0.15, -0.1) is 68.0 Å². The number of benzene rings is 1. The summed E-state index contributed by atoms with van der Waals surface area (Å²) in [6.07, 6.45) is 0.728. The average Bonchev–Trinajstić information content (AvgIpc) is 2.10. The van der Waals surface area contributed by atoms with Crippen molar-refractivity contribution < 1.29 is 63.1 Å². The summed E-state index contributed by atoms with van der Waals surface area (Å²) in [6, 6.07) is 12.5. The Bertz CT molecular complexity index is 4270. The van der Waals surface area contributed by atoms with E-state index in [0.717, 1.165) is 11.3 Å². The smallest absolute Gasteiger partial charge is 0.416 e. The molecule has 1 aliphatic carbocycles. The van der Waals surface area contributed by atoms with Crippen LogP contribution in [-0.2, 0) is 37.0 Å². The molecule has 95 heavy (non-hydrogen) atoms. The van der Waals surface area contributed by atoms with Gasteiger partial charge in [-0.1, -0.05) is 50.2 Å². The minimum Gasteiger partial charge on any atom is -0.481 e. The monoisotopic (exact) mass is 1400 g/mol. The number of ether oxygens (including phenoxy) is 2. The molecule has 1 fully saturated rings. The number of carboxylic acid groups (broad SMARTS) is 2. The number of aromatic carboxylic acids is 1. The van der Waals surface area contributed by atoms with Crippen LogP contribution in [0.2, 0.25) is 0 Å². The zero-order valence-corrected chi connectivity index (χ0v) is 56.2. The van der Waals surface area contributed by atoms with E-state index < -0.39 is 78.5 Å². The molecule has 1 aromatic carbocycles. The van der Waals surface area contributed by atoms with Crippen LogP contribution >= 0.6 is 68.0 Å². The van der Waals surface area contributed by atoms with Gasteiger partial charge >= 0.3 is 18.0 Å². The van der Waals surface area contributed by atoms with E-state index in [1.54, 1.807) is 70.9 Å². The second kappa shape index (κ2) is 31.0. The van der Waals surface area contributed by atoms with Crippen molar-refractivity contribution in [2.24, 2.45) is 17.6 Å². The molecule has 10 rings (SSSR count). The maximum Gasteiger partial charge on any atom is 0.416 e. The number of methoxy groups -OCH3 is 1. The fourth-order valence-corrected chi connectivity index (χ4v) is 15.5. The summed E-state index contributed by atoms with van der Waals surface area (Å²) in [5, 5.41) is 51.3. The summed E-state index contributed by atoms with van der Waals surface area (Å²) in [6.45, 7) is 4.84. The number of nitrogens with one attached hydrogen (secondary N) is 4. The van der Waals surface area contributed by atoms with Gasteiger partial charge < -0.3 is 51.8 Å². The third-order valence-electron chi connectivity index (χ3n) is 15.0. The van der Waals surface area contributed by atoms with E-state index >= 15 is 0 Å². The van der Waals surface area contributed by atoms with Gasteiger partial charge in [0.05, 0.1) is 48.3 Å². The molecule has 1 unspecified atom stereocenters. The molecule has 8 heterocycles. The van der Waals surface area contributed by atoms with Gasteiger partial charge in [0.2, 0.25) is 11.8 Å². The first-order valence-electron chi connectivity index (χ1n) is 29.4. The summed E-state index contributed by atoms with van der Waals surface area (Å²) in [4.78, 5) is 143. The second-order valence-corrected chi connectivity index (χ2v) is 27.8. The molecular formula is C62H62N14O13S6. The predicted octanol–water partition coefficient (Wildman–Crippen LogP) is 9.22. The number of anilines is 1. The number of pyridine rings is 2. The highest BCUT2D eigenvalue weighted by molar-refractivity contribution is 7.15. The standard InChI is InChI=1S/C62H62N14O13S6/c1-29(2)46(73-53(82)47-30(3)94-55(74-47)37(63)19-44(78)64-4)59-75-49(42(95-59)24-88-5)52(81)66-21-45(79)72-50(51(80)32-9-7-6-8-10-32)58-70-41(27-92-58)57-69-40(26-91-57)48-36(54-67-34(23-77)25-90-54)16-18-38(68-48)56-71-43(28-93-56)76(22-31-11-17-39(61(85)86)65-20-31)62(87)89-35-14-12-33(13-15-35)60(83)84/h6-11,16-18,20,23,25-29,33,35,37,46,50-51,80H,12-15,19,21-22,24,63H2,1-5H3,(H,64,78)(H,66,81)(H,72,79)(H,73,82)(H,83,84)(H,85,86)/t33-,35-,37-,46?,50-,51-/m0/s1. The van der Waals surface area contributed by atoms with Gasteiger partial charge in [0.25, 0.3) is 11.8 Å². The van der Waals surface area contributed by atoms with Crippen molar-refractivity contribution in [1.82, 2.24) is 61.1 Å². The number of hydrogen-bond acceptors (Lipinski definition) is 26. The normalized spacial score (nSPS) is 15.1. The molecule has 0 saturated heterocycles. The van der Waals surface area contributed by atoms with Gasteiger partial charge in [0.15, 0.2) is 6.29 Å². The van der Waals surface area contributed by atoms with Gasteiger partial charge in [-0.25, -0.2) is 49.5 Å². The van der Waals surface area contributed by atoms with Gasteiger partial charge in [-0.2, -0.15) is 0 Å². The summed E-state index contributed by atoms with van der Waals surface area (Å²) in [5.41, 5.74) is 9.42. The SMILES string of the molecule is CNC(=O)C[C@H](N)c1nc(C(=O)NC(c2nc(C(=O)NCC(=O)N[C@H](c3nc(-c4nc(-c5nc(-c6nc(N(Cc7ccc(C(=O)O)nc7)C(=O)O[C@H]7CC[C@H](C(=O)O)CC7)cs6)ccc5-c5nc(C=O)cs5)cs4)cs3)[C@@H](O)c3ccccc3)c(COC)s2)C(C)C)c(C)s1. The summed E-state index contributed by atoms with van der Waals surface area (Å²) < 4.78 is 11.4. The largest absolute Gasteiger partial charge is 0.481 e. The number of aliphatic hydroxyl groups excluding tert-OH is 1. The minimum atomic E-state index is -1.32. The number of carbonyl (C=O) groups is 8. The second-order valence-electron chi connectivity index (χ2n) is 22.0. The number of nitrogens with two attached hydrogens (primary N) is 1. The first-order valence-corrected chi connectivity index (χ1v) is 34.6. The number of aryl methyl sites for hydroxylation is 1. The molecule has 33 heteroatoms. The Morgan fingerprint density at radius 2 is 1.46 bits per heavy atom. The van der Waals surface area contributed by atoms with Crippen molar-refractivity contribution in [3.05, 3.63) is 141 Å². The van der Waals surface area contributed by atoms with Crippen LogP contribution in [0.1, 0.15) is 148 Å². The van der Waals surface area contributed by atoms with Crippen LogP contribution in [-0.4, -0.2) is 130 Å². The zero-order chi connectivity index (χ0) is 67.6. The van der Waals surface area contributed by atoms with Crippen LogP contribution in [0, 0.1) is 18.8 Å². The van der Waals surface area contributed by atoms with Crippen LogP contribution in [0.3, 0.4) is 0 Å². The molecule has 1 saturated carbocycles. The molecule has 0 aliphatic heterocycles. The molecule has 5 amide bonds. The predicted molar refractivity (Wildman–Crippen MR) is 356 cm³/mol. The summed E-state index contributed by atoms with van der Waals surface area (Å²) in [5.74, 6) is -4.81. The molecular weight excluding hydrogens is 1340 g/mol. The highest BCUT2D eigenvalue weighted by atomic mass is 32.1. The molecule has 0 bridgehead atoms. The lowest BCUT2D eigenvalue weighted by Gasteiger charge is -2.28. The molecule has 494 valence electrons. The summed E-state index contributed by atoms with van der Waals surface area (Å²) >= 11 is 7.20. The Balaban J connectivity index is 0.877. The Kier molecular flexibility index (Phi) is 22.4. The van der Waals surface area contributed by atoms with E-state index in [0.29, 0.717) is 111 Å². The third-order valence-corrected chi connectivity index (χ3v) is 20.8. The van der Waals surface area contributed by atoms with Crippen molar-refractivity contribution >= 4 is 122 Å². The van der Waals surface area contributed by atoms with Gasteiger partial charge in [-0.05, 0) is 67.9 Å². The van der Waals surface area contributed by atoms with E-state index in [1.807, 2.05) is 13.8 Å². The maximum atomic E-state index is 14.1. The van der Waals surface area contributed by atoms with Crippen molar-refractivity contribution in [3.8, 4) is 43.4 Å². The molecule has 0 spiro atoms. The van der Waals surface area contributed by atoms with Gasteiger partial charge in [-0.3, -0.25) is 33.7 Å². The highest BCUT2D eigenvalue weighted by Crippen LogP contribution is 2.41. The first kappa shape index (κ1) is 68.8. The highest BCUT2D eigenvalue weighted by Gasteiger charge is 2.34. The molecule has 8 aromatic heterocycles. The number of rotatable bonds is 27. The Morgan fingerprint density at radius 3 is 2.15 bits per heavy atom. The number of aliphatic hydroxyl groups is 1. The van der Waals surface area contributed by atoms with Gasteiger partial charge in [0, 0.05) is 58.7 Å². The van der Waals surface area contributed by atoms with Crippen molar-refractivity contribution in [1.29, 1.82) is 0 Å². The van der Waals surface area contributed by atoms with Crippen molar-refractivity contribution in [2.45, 2.75) is 96.4 Å². The van der Waals surface area contributed by atoms with Gasteiger partial charge in [0.1, 0.15) is 94.0 Å². The topological polar surface area (TPSA) is 396 Å². The fraction of sp³-hybridized carbons (Fsp3) is 0.323. The number of hydrogen-bond donors (Lipinski definition) is 8. The van der Waals surface area contributed by atoms with E-state index in [9.17, 15) is 53.7 Å². The maximum absolute atomic E-state index is 14.1. The zero-order valence-electron chi connectivity index (χ0n) is 51.3. The van der Waals surface area contributed by atoms with E-state index in [2.05, 4.69) is 41.2 Å². The van der Waals surface area contributed by atoms with E-state index in [1.165, 1.54) is 94.1 Å². The van der Waals surface area contributed by atoms with Crippen LogP contribution < -0.4 is 31.9 Å². The van der Waals surface area contributed by atoms with Crippen LogP contribution in [0.5, 0.6) is 0 Å². The first-order chi connectivity index (χ1) is 45.7. The van der Waals surface area contributed by atoms with Crippen LogP contribution in [0.15, 0.2) is 82.3 Å². The van der Waals surface area contributed by atoms with Crippen molar-refractivity contribution in [3.63, 3.8) is 0 Å². The van der Waals surface area contributed by atoms with Crippen LogP contribution in [0.25, 0.3) is 43.4 Å². The third kappa shape index (κ3) is 16.5. The average molecular weight is 1400 g/mol. The number of amides is 5. The number of aldehydes is 1. The minimum absolute atomic E-state index is 0.00765. The number of aliphatic carboxylic acids is 1. The fourth-order valence-electron chi connectivity index (χ4n) is 10.0. The van der Waals surface area contributed by atoms with E-state index in [4.69, 9.17) is 35.1 Å². The number of carboxylic acids is 2. The number of carbonyl (C=O) groups excluding carboxylic acids is 6. The Labute approximate surface area is 566 Å².